The number of aliphatic imine (C=N–C) groups is 1. The minimum Gasteiger partial charge on any atom is -0.455 e. The van der Waals surface area contributed by atoms with Crippen LogP contribution < -0.4 is 0 Å². The van der Waals surface area contributed by atoms with E-state index in [2.05, 4.69) is 11.1 Å². The molecule has 116 valence electrons. The number of rotatable bonds is 4. The van der Waals surface area contributed by atoms with Crippen LogP contribution in [-0.2, 0) is 0 Å². The molecule has 3 rings (SSSR count). The molecule has 0 unspecified atom stereocenters. The molecule has 0 aliphatic heterocycles. The smallest absolute Gasteiger partial charge is 0.269 e. The van der Waals surface area contributed by atoms with Crippen molar-refractivity contribution in [3.63, 3.8) is 0 Å². The molecule has 0 aliphatic rings. The van der Waals surface area contributed by atoms with Crippen LogP contribution in [0.1, 0.15) is 11.3 Å². The van der Waals surface area contributed by atoms with Gasteiger partial charge in [0.1, 0.15) is 11.5 Å². The predicted molar refractivity (Wildman–Crippen MR) is 89.2 cm³/mol. The number of nitriles is 1. The standard InChI is InChI=1S/C18H11N3O3/c19-11-13-1-3-14(4-2-13)18-10-9-17(24-18)12-20-15-5-7-16(8-6-15)21(22)23/h1-10,12H. The molecule has 0 fully saturated rings. The van der Waals surface area contributed by atoms with Crippen molar-refractivity contribution in [2.24, 2.45) is 4.99 Å². The molecule has 1 heterocycles. The maximum atomic E-state index is 10.6. The van der Waals surface area contributed by atoms with Gasteiger partial charge in [0.2, 0.25) is 0 Å². The van der Waals surface area contributed by atoms with Gasteiger partial charge in [-0.2, -0.15) is 5.26 Å². The lowest BCUT2D eigenvalue weighted by Crippen LogP contribution is -1.85. The highest BCUT2D eigenvalue weighted by Crippen LogP contribution is 2.23. The zero-order valence-corrected chi connectivity index (χ0v) is 12.4. The molecule has 1 aromatic heterocycles. The summed E-state index contributed by atoms with van der Waals surface area (Å²) in [6.45, 7) is 0. The highest BCUT2D eigenvalue weighted by atomic mass is 16.6. The molecule has 0 saturated heterocycles. The van der Waals surface area contributed by atoms with Gasteiger partial charge < -0.3 is 4.42 Å². The molecule has 0 N–H and O–H groups in total. The van der Waals surface area contributed by atoms with Crippen LogP contribution in [0.2, 0.25) is 0 Å². The minimum atomic E-state index is -0.454. The van der Waals surface area contributed by atoms with Gasteiger partial charge in [0.05, 0.1) is 28.5 Å². The van der Waals surface area contributed by atoms with E-state index in [-0.39, 0.29) is 5.69 Å². The van der Waals surface area contributed by atoms with Gasteiger partial charge in [-0.1, -0.05) is 0 Å². The summed E-state index contributed by atoms with van der Waals surface area (Å²) in [5.74, 6) is 1.23. The molecule has 0 amide bonds. The average Bonchev–Trinajstić information content (AvgIpc) is 3.09. The highest BCUT2D eigenvalue weighted by molar-refractivity contribution is 5.80. The van der Waals surface area contributed by atoms with Gasteiger partial charge in [0, 0.05) is 17.7 Å². The minimum absolute atomic E-state index is 0.0232. The Morgan fingerprint density at radius 3 is 2.38 bits per heavy atom. The second kappa shape index (κ2) is 6.58. The molecule has 3 aromatic rings. The molecular formula is C18H11N3O3. The lowest BCUT2D eigenvalue weighted by molar-refractivity contribution is -0.384. The van der Waals surface area contributed by atoms with Gasteiger partial charge in [-0.3, -0.25) is 15.1 Å². The summed E-state index contributed by atoms with van der Waals surface area (Å²) in [4.78, 5) is 14.4. The Morgan fingerprint density at radius 1 is 1.04 bits per heavy atom. The lowest BCUT2D eigenvalue weighted by Gasteiger charge is -1.96. The number of hydrogen-bond acceptors (Lipinski definition) is 5. The molecule has 6 nitrogen and oxygen atoms in total. The molecule has 0 bridgehead atoms. The van der Waals surface area contributed by atoms with E-state index in [0.29, 0.717) is 22.8 Å². The van der Waals surface area contributed by atoms with Crippen molar-refractivity contribution >= 4 is 17.6 Å². The fourth-order valence-electron chi connectivity index (χ4n) is 2.08. The van der Waals surface area contributed by atoms with Gasteiger partial charge in [-0.15, -0.1) is 0 Å². The largest absolute Gasteiger partial charge is 0.455 e. The van der Waals surface area contributed by atoms with Crippen LogP contribution >= 0.6 is 0 Å². The summed E-state index contributed by atoms with van der Waals surface area (Å²) in [6.07, 6.45) is 1.55. The number of nitrogens with zero attached hydrogens (tertiary/aromatic N) is 3. The van der Waals surface area contributed by atoms with E-state index in [1.807, 2.05) is 18.2 Å². The first-order valence-corrected chi connectivity index (χ1v) is 7.04. The van der Waals surface area contributed by atoms with E-state index in [0.717, 1.165) is 5.56 Å². The molecule has 0 radical (unpaired) electrons. The van der Waals surface area contributed by atoms with Gasteiger partial charge in [-0.25, -0.2) is 0 Å². The monoisotopic (exact) mass is 317 g/mol. The Labute approximate surface area is 137 Å². The van der Waals surface area contributed by atoms with Gasteiger partial charge in [0.25, 0.3) is 5.69 Å². The number of hydrogen-bond donors (Lipinski definition) is 0. The van der Waals surface area contributed by atoms with Crippen LogP contribution in [0.25, 0.3) is 11.3 Å². The fourth-order valence-corrected chi connectivity index (χ4v) is 2.08. The first-order valence-electron chi connectivity index (χ1n) is 7.04. The summed E-state index contributed by atoms with van der Waals surface area (Å²) >= 11 is 0. The predicted octanol–water partition coefficient (Wildman–Crippen LogP) is 4.48. The zero-order chi connectivity index (χ0) is 16.9. The third-order valence-corrected chi connectivity index (χ3v) is 3.33. The Hall–Kier alpha value is -3.72. The molecule has 6 heteroatoms. The summed E-state index contributed by atoms with van der Waals surface area (Å²) in [5.41, 5.74) is 2.07. The Kier molecular flexibility index (Phi) is 4.17. The fraction of sp³-hybridized carbons (Fsp3) is 0. The quantitative estimate of drug-likeness (QED) is 0.403. The Balaban J connectivity index is 1.75. The van der Waals surface area contributed by atoms with Crippen molar-refractivity contribution in [3.05, 3.63) is 82.1 Å². The van der Waals surface area contributed by atoms with Gasteiger partial charge in [0.15, 0.2) is 0 Å². The second-order valence-corrected chi connectivity index (χ2v) is 4.92. The summed E-state index contributed by atoms with van der Waals surface area (Å²) in [5, 5.41) is 19.4. The summed E-state index contributed by atoms with van der Waals surface area (Å²) in [7, 11) is 0. The normalized spacial score (nSPS) is 10.6. The van der Waals surface area contributed by atoms with E-state index in [4.69, 9.17) is 9.68 Å². The van der Waals surface area contributed by atoms with E-state index in [1.54, 1.807) is 36.5 Å². The number of non-ortho nitro benzene ring substituents is 1. The van der Waals surface area contributed by atoms with Gasteiger partial charge in [-0.05, 0) is 48.5 Å². The Morgan fingerprint density at radius 2 is 1.75 bits per heavy atom. The highest BCUT2D eigenvalue weighted by Gasteiger charge is 2.05. The third-order valence-electron chi connectivity index (χ3n) is 3.33. The topological polar surface area (TPSA) is 92.4 Å². The van der Waals surface area contributed by atoms with Crippen LogP contribution in [0.5, 0.6) is 0 Å². The van der Waals surface area contributed by atoms with Crippen molar-refractivity contribution in [3.8, 4) is 17.4 Å². The van der Waals surface area contributed by atoms with Crippen molar-refractivity contribution in [2.75, 3.05) is 0 Å². The molecule has 0 spiro atoms. The van der Waals surface area contributed by atoms with Crippen molar-refractivity contribution in [1.29, 1.82) is 5.26 Å². The SMILES string of the molecule is N#Cc1ccc(-c2ccc(C=Nc3ccc([N+](=O)[O-])cc3)o2)cc1. The van der Waals surface area contributed by atoms with E-state index >= 15 is 0 Å². The number of furan rings is 1. The van der Waals surface area contributed by atoms with E-state index in [1.165, 1.54) is 12.1 Å². The number of nitro groups is 1. The molecule has 24 heavy (non-hydrogen) atoms. The van der Waals surface area contributed by atoms with Crippen molar-refractivity contribution < 1.29 is 9.34 Å². The summed E-state index contributed by atoms with van der Waals surface area (Å²) < 4.78 is 5.69. The third kappa shape index (κ3) is 3.36. The van der Waals surface area contributed by atoms with Crippen LogP contribution in [0.15, 0.2) is 70.1 Å². The van der Waals surface area contributed by atoms with Crippen LogP contribution in [-0.4, -0.2) is 11.1 Å². The number of benzene rings is 2. The maximum Gasteiger partial charge on any atom is 0.269 e. The molecular weight excluding hydrogens is 306 g/mol. The molecule has 2 aromatic carbocycles. The number of nitro benzene ring substituents is 1. The second-order valence-electron chi connectivity index (χ2n) is 4.92. The molecule has 0 atom stereocenters. The van der Waals surface area contributed by atoms with E-state index < -0.39 is 4.92 Å². The summed E-state index contributed by atoms with van der Waals surface area (Å²) in [6, 6.07) is 18.7. The average molecular weight is 317 g/mol. The first-order chi connectivity index (χ1) is 11.7. The zero-order valence-electron chi connectivity index (χ0n) is 12.4. The molecule has 0 aliphatic carbocycles. The Bertz CT molecular complexity index is 933. The van der Waals surface area contributed by atoms with Crippen LogP contribution in [0.3, 0.4) is 0 Å². The maximum absolute atomic E-state index is 10.6. The van der Waals surface area contributed by atoms with E-state index in [9.17, 15) is 10.1 Å². The van der Waals surface area contributed by atoms with Crippen LogP contribution in [0.4, 0.5) is 11.4 Å². The lowest BCUT2D eigenvalue weighted by atomic mass is 10.1. The van der Waals surface area contributed by atoms with Crippen molar-refractivity contribution in [1.82, 2.24) is 0 Å². The molecule has 0 saturated carbocycles. The van der Waals surface area contributed by atoms with Gasteiger partial charge >= 0.3 is 0 Å². The van der Waals surface area contributed by atoms with Crippen LogP contribution in [0, 0.1) is 21.4 Å². The van der Waals surface area contributed by atoms with Crippen molar-refractivity contribution in [2.45, 2.75) is 0 Å². The first kappa shape index (κ1) is 15.2.